The Bertz CT molecular complexity index is 285. The van der Waals surface area contributed by atoms with E-state index in [0.717, 1.165) is 25.6 Å². The molecule has 0 amide bonds. The predicted molar refractivity (Wildman–Crippen MR) is 77.7 cm³/mol. The van der Waals surface area contributed by atoms with Crippen LogP contribution >= 0.6 is 0 Å². The van der Waals surface area contributed by atoms with E-state index in [4.69, 9.17) is 5.73 Å². The molecule has 2 N–H and O–H groups in total. The van der Waals surface area contributed by atoms with Gasteiger partial charge in [-0.3, -0.25) is 9.80 Å². The lowest BCUT2D eigenvalue weighted by molar-refractivity contribution is -0.0283. The van der Waals surface area contributed by atoms with Crippen LogP contribution in [0.25, 0.3) is 0 Å². The Morgan fingerprint density at radius 1 is 1.28 bits per heavy atom. The van der Waals surface area contributed by atoms with E-state index in [0.29, 0.717) is 0 Å². The molecule has 0 spiro atoms. The Balaban J connectivity index is 2.02. The van der Waals surface area contributed by atoms with Crippen LogP contribution in [0.1, 0.15) is 46.5 Å². The maximum absolute atomic E-state index is 6.13. The fraction of sp³-hybridized carbons (Fsp3) is 1.00. The lowest BCUT2D eigenvalue weighted by Crippen LogP contribution is -2.65. The van der Waals surface area contributed by atoms with E-state index < -0.39 is 0 Å². The SMILES string of the molecule is CN1CCN(C(C)(CN)CC2CCC2)CC1(C)C. The maximum atomic E-state index is 6.13. The summed E-state index contributed by atoms with van der Waals surface area (Å²) in [4.78, 5) is 5.13. The largest absolute Gasteiger partial charge is 0.329 e. The minimum atomic E-state index is 0.212. The molecule has 1 saturated carbocycles. The fourth-order valence-electron chi connectivity index (χ4n) is 3.36. The quantitative estimate of drug-likeness (QED) is 0.831. The van der Waals surface area contributed by atoms with Gasteiger partial charge in [0.15, 0.2) is 0 Å². The van der Waals surface area contributed by atoms with Gasteiger partial charge in [-0.25, -0.2) is 0 Å². The van der Waals surface area contributed by atoms with Gasteiger partial charge < -0.3 is 5.73 Å². The maximum Gasteiger partial charge on any atom is 0.0307 e. The van der Waals surface area contributed by atoms with Crippen LogP contribution in [0.5, 0.6) is 0 Å². The van der Waals surface area contributed by atoms with E-state index in [-0.39, 0.29) is 11.1 Å². The van der Waals surface area contributed by atoms with Gasteiger partial charge in [0.2, 0.25) is 0 Å². The van der Waals surface area contributed by atoms with E-state index in [2.05, 4.69) is 37.6 Å². The van der Waals surface area contributed by atoms with Crippen molar-refractivity contribution in [1.82, 2.24) is 9.80 Å². The van der Waals surface area contributed by atoms with Crippen molar-refractivity contribution in [3.8, 4) is 0 Å². The molecular formula is C15H31N3. The molecule has 1 saturated heterocycles. The highest BCUT2D eigenvalue weighted by Gasteiger charge is 2.41. The molecule has 3 heteroatoms. The molecule has 0 radical (unpaired) electrons. The summed E-state index contributed by atoms with van der Waals surface area (Å²) in [5.74, 6) is 0.932. The summed E-state index contributed by atoms with van der Waals surface area (Å²) in [7, 11) is 2.24. The van der Waals surface area contributed by atoms with Crippen LogP contribution in [-0.4, -0.2) is 54.1 Å². The van der Waals surface area contributed by atoms with Crippen molar-refractivity contribution in [2.24, 2.45) is 11.7 Å². The number of hydrogen-bond donors (Lipinski definition) is 1. The third kappa shape index (κ3) is 2.73. The third-order valence-electron chi connectivity index (χ3n) is 5.47. The number of hydrogen-bond acceptors (Lipinski definition) is 3. The molecule has 0 aromatic rings. The number of piperazine rings is 1. The van der Waals surface area contributed by atoms with Gasteiger partial charge in [-0.05, 0) is 40.2 Å². The van der Waals surface area contributed by atoms with Crippen LogP contribution in [0.15, 0.2) is 0 Å². The van der Waals surface area contributed by atoms with Crippen molar-refractivity contribution >= 4 is 0 Å². The van der Waals surface area contributed by atoms with Gasteiger partial charge in [0.25, 0.3) is 0 Å². The highest BCUT2D eigenvalue weighted by Crippen LogP contribution is 2.37. The molecule has 0 aromatic carbocycles. The molecule has 1 unspecified atom stereocenters. The third-order valence-corrected chi connectivity index (χ3v) is 5.47. The van der Waals surface area contributed by atoms with Gasteiger partial charge in [0.1, 0.15) is 0 Å². The van der Waals surface area contributed by atoms with Gasteiger partial charge in [-0.1, -0.05) is 19.3 Å². The first-order chi connectivity index (χ1) is 8.37. The molecule has 1 heterocycles. The molecule has 1 atom stereocenters. The van der Waals surface area contributed by atoms with Crippen molar-refractivity contribution < 1.29 is 0 Å². The zero-order valence-corrected chi connectivity index (χ0v) is 12.7. The lowest BCUT2D eigenvalue weighted by Gasteiger charge is -2.53. The summed E-state index contributed by atoms with van der Waals surface area (Å²) in [5.41, 5.74) is 6.62. The summed E-state index contributed by atoms with van der Waals surface area (Å²) in [6, 6.07) is 0. The van der Waals surface area contributed by atoms with Crippen LogP contribution in [0.3, 0.4) is 0 Å². The summed E-state index contributed by atoms with van der Waals surface area (Å²) < 4.78 is 0. The van der Waals surface area contributed by atoms with Gasteiger partial charge in [-0.15, -0.1) is 0 Å². The van der Waals surface area contributed by atoms with Crippen molar-refractivity contribution in [3.63, 3.8) is 0 Å². The normalized spacial score (nSPS) is 29.8. The topological polar surface area (TPSA) is 32.5 Å². The van der Waals surface area contributed by atoms with Crippen LogP contribution in [0.2, 0.25) is 0 Å². The predicted octanol–water partition coefficient (Wildman–Crippen LogP) is 1.92. The molecule has 2 fully saturated rings. The number of nitrogens with two attached hydrogens (primary N) is 1. The van der Waals surface area contributed by atoms with E-state index in [1.165, 1.54) is 32.2 Å². The van der Waals surface area contributed by atoms with Gasteiger partial charge in [0.05, 0.1) is 0 Å². The van der Waals surface area contributed by atoms with Crippen molar-refractivity contribution in [2.75, 3.05) is 33.2 Å². The first-order valence-corrected chi connectivity index (χ1v) is 7.54. The minimum absolute atomic E-state index is 0.212. The number of rotatable bonds is 4. The zero-order chi connectivity index (χ0) is 13.4. The molecule has 18 heavy (non-hydrogen) atoms. The summed E-state index contributed by atoms with van der Waals surface area (Å²) in [6.45, 7) is 11.3. The van der Waals surface area contributed by atoms with Gasteiger partial charge in [0, 0.05) is 37.3 Å². The standard InChI is InChI=1S/C15H31N3/c1-14(2)12-18(9-8-17(14)4)15(3,11-16)10-13-6-5-7-13/h13H,5-12,16H2,1-4H3. The summed E-state index contributed by atoms with van der Waals surface area (Å²) in [6.07, 6.45) is 5.57. The van der Waals surface area contributed by atoms with E-state index in [9.17, 15) is 0 Å². The Hall–Kier alpha value is -0.120. The first-order valence-electron chi connectivity index (χ1n) is 7.54. The second kappa shape index (κ2) is 5.10. The molecule has 106 valence electrons. The van der Waals surface area contributed by atoms with Crippen molar-refractivity contribution in [3.05, 3.63) is 0 Å². The highest BCUT2D eigenvalue weighted by atomic mass is 15.3. The summed E-state index contributed by atoms with van der Waals surface area (Å²) in [5, 5.41) is 0. The number of likely N-dealkylation sites (N-methyl/N-ethyl adjacent to an activating group) is 1. The Morgan fingerprint density at radius 2 is 1.94 bits per heavy atom. The average Bonchev–Trinajstić information content (AvgIpc) is 2.27. The Labute approximate surface area is 113 Å². The van der Waals surface area contributed by atoms with Gasteiger partial charge >= 0.3 is 0 Å². The lowest BCUT2D eigenvalue weighted by atomic mass is 9.75. The molecule has 0 aromatic heterocycles. The monoisotopic (exact) mass is 253 g/mol. The Morgan fingerprint density at radius 3 is 2.39 bits per heavy atom. The fourth-order valence-corrected chi connectivity index (χ4v) is 3.36. The van der Waals surface area contributed by atoms with Crippen LogP contribution in [-0.2, 0) is 0 Å². The van der Waals surface area contributed by atoms with Crippen LogP contribution in [0, 0.1) is 5.92 Å². The van der Waals surface area contributed by atoms with Crippen LogP contribution in [0.4, 0.5) is 0 Å². The molecule has 2 rings (SSSR count). The van der Waals surface area contributed by atoms with Crippen molar-refractivity contribution in [1.29, 1.82) is 0 Å². The molecule has 0 bridgehead atoms. The zero-order valence-electron chi connectivity index (χ0n) is 12.7. The average molecular weight is 253 g/mol. The van der Waals surface area contributed by atoms with E-state index in [1.807, 2.05) is 0 Å². The highest BCUT2D eigenvalue weighted by molar-refractivity contribution is 4.98. The van der Waals surface area contributed by atoms with E-state index in [1.54, 1.807) is 0 Å². The second-order valence-electron chi connectivity index (χ2n) is 7.36. The number of nitrogens with zero attached hydrogens (tertiary/aromatic N) is 2. The minimum Gasteiger partial charge on any atom is -0.329 e. The summed E-state index contributed by atoms with van der Waals surface area (Å²) >= 11 is 0. The molecule has 2 aliphatic rings. The molecule has 1 aliphatic heterocycles. The first kappa shape index (κ1) is 14.3. The molecular weight excluding hydrogens is 222 g/mol. The molecule has 3 nitrogen and oxygen atoms in total. The molecule has 1 aliphatic carbocycles. The second-order valence-corrected chi connectivity index (χ2v) is 7.36. The Kier molecular flexibility index (Phi) is 4.05. The van der Waals surface area contributed by atoms with E-state index >= 15 is 0 Å². The van der Waals surface area contributed by atoms with Crippen molar-refractivity contribution in [2.45, 2.75) is 57.5 Å². The van der Waals surface area contributed by atoms with Gasteiger partial charge in [-0.2, -0.15) is 0 Å². The smallest absolute Gasteiger partial charge is 0.0307 e. The van der Waals surface area contributed by atoms with Crippen LogP contribution < -0.4 is 5.73 Å².